The third-order valence-corrected chi connectivity index (χ3v) is 5.45. The van der Waals surface area contributed by atoms with Crippen LogP contribution in [0.15, 0.2) is 0 Å². The van der Waals surface area contributed by atoms with Crippen LogP contribution in [-0.4, -0.2) is 20.1 Å². The van der Waals surface area contributed by atoms with E-state index in [0.717, 1.165) is 23.2 Å². The van der Waals surface area contributed by atoms with E-state index in [1.807, 2.05) is 0 Å². The van der Waals surface area contributed by atoms with E-state index in [1.165, 1.54) is 13.1 Å². The minimum Gasteiger partial charge on any atom is -0.337 e. The third kappa shape index (κ3) is 1.73. The van der Waals surface area contributed by atoms with Crippen LogP contribution in [0.2, 0.25) is 0 Å². The van der Waals surface area contributed by atoms with Gasteiger partial charge in [-0.25, -0.2) is 0 Å². The van der Waals surface area contributed by atoms with E-state index in [2.05, 4.69) is 14.0 Å². The summed E-state index contributed by atoms with van der Waals surface area (Å²) in [5.74, 6) is 3.38. The Balaban J connectivity index is 1.75. The fraction of sp³-hybridized carbons (Fsp3) is 1.00. The molecule has 0 radical (unpaired) electrons. The summed E-state index contributed by atoms with van der Waals surface area (Å²) in [5, 5.41) is 0. The van der Waals surface area contributed by atoms with Gasteiger partial charge in [0.1, 0.15) is 0 Å². The lowest BCUT2D eigenvalue weighted by Crippen LogP contribution is -3.10. The van der Waals surface area contributed by atoms with Crippen LogP contribution in [0.5, 0.6) is 0 Å². The number of rotatable bonds is 3. The Morgan fingerprint density at radius 3 is 1.87 bits per heavy atom. The van der Waals surface area contributed by atoms with Crippen molar-refractivity contribution in [3.05, 3.63) is 0 Å². The van der Waals surface area contributed by atoms with Crippen molar-refractivity contribution in [2.75, 3.05) is 20.1 Å². The van der Waals surface area contributed by atoms with Crippen molar-refractivity contribution in [2.45, 2.75) is 45.4 Å². The molecule has 86 valence electrons. The van der Waals surface area contributed by atoms with E-state index in [0.29, 0.717) is 0 Å². The highest BCUT2D eigenvalue weighted by atomic mass is 15.1. The lowest BCUT2D eigenvalue weighted by molar-refractivity contribution is -0.886. The predicted molar refractivity (Wildman–Crippen MR) is 62.9 cm³/mol. The van der Waals surface area contributed by atoms with Crippen LogP contribution in [0.1, 0.15) is 45.4 Å². The molecule has 1 heteroatoms. The van der Waals surface area contributed by atoms with Gasteiger partial charge in [-0.3, -0.25) is 0 Å². The molecule has 0 aliphatic heterocycles. The summed E-state index contributed by atoms with van der Waals surface area (Å²) in [5.41, 5.74) is 0.787. The Kier molecular flexibility index (Phi) is 2.35. The van der Waals surface area contributed by atoms with Crippen molar-refractivity contribution in [3.63, 3.8) is 0 Å². The van der Waals surface area contributed by atoms with Crippen molar-refractivity contribution in [2.24, 2.45) is 23.2 Å². The Bertz CT molecular complexity index is 210. The maximum absolute atomic E-state index is 2.39. The van der Waals surface area contributed by atoms with Crippen molar-refractivity contribution < 1.29 is 4.90 Å². The van der Waals surface area contributed by atoms with Gasteiger partial charge in [-0.05, 0) is 63.2 Å². The molecule has 15 heavy (non-hydrogen) atoms. The van der Waals surface area contributed by atoms with Gasteiger partial charge in [0.25, 0.3) is 0 Å². The van der Waals surface area contributed by atoms with Crippen molar-refractivity contribution >= 4 is 0 Å². The number of hydrogen-bond acceptors (Lipinski definition) is 0. The predicted octanol–water partition coefficient (Wildman–Crippen LogP) is 1.74. The fourth-order valence-electron chi connectivity index (χ4n) is 5.27. The topological polar surface area (TPSA) is 4.44 Å². The van der Waals surface area contributed by atoms with Gasteiger partial charge in [0.05, 0.1) is 20.1 Å². The van der Waals surface area contributed by atoms with Crippen LogP contribution < -0.4 is 4.90 Å². The van der Waals surface area contributed by atoms with E-state index in [-0.39, 0.29) is 0 Å². The molecule has 0 spiro atoms. The quantitative estimate of drug-likeness (QED) is 0.720. The highest BCUT2D eigenvalue weighted by Gasteiger charge is 2.52. The molecular weight excluding hydrogens is 182 g/mol. The molecule has 4 bridgehead atoms. The average Bonchev–Trinajstić information content (AvgIpc) is 2.14. The lowest BCUT2D eigenvalue weighted by atomic mass is 9.49. The SMILES string of the molecule is CC[NH+](C)CC12CC3CC(CC(C3)C1)C2. The first-order chi connectivity index (χ1) is 7.19. The third-order valence-electron chi connectivity index (χ3n) is 5.45. The summed E-state index contributed by atoms with van der Waals surface area (Å²) in [4.78, 5) is 1.76. The van der Waals surface area contributed by atoms with Crippen LogP contribution in [0.4, 0.5) is 0 Å². The van der Waals surface area contributed by atoms with Crippen LogP contribution in [-0.2, 0) is 0 Å². The normalized spacial score (nSPS) is 49.6. The van der Waals surface area contributed by atoms with E-state index in [1.54, 1.807) is 43.4 Å². The average molecular weight is 208 g/mol. The van der Waals surface area contributed by atoms with Crippen LogP contribution >= 0.6 is 0 Å². The first-order valence-electron chi connectivity index (χ1n) is 7.00. The number of nitrogens with one attached hydrogen (secondary N) is 1. The van der Waals surface area contributed by atoms with E-state index in [4.69, 9.17) is 0 Å². The zero-order valence-corrected chi connectivity index (χ0v) is 10.4. The minimum absolute atomic E-state index is 0.787. The molecule has 1 atom stereocenters. The highest BCUT2D eigenvalue weighted by molar-refractivity contribution is 5.01. The summed E-state index contributed by atoms with van der Waals surface area (Å²) < 4.78 is 0. The minimum atomic E-state index is 0.787. The maximum atomic E-state index is 2.39. The van der Waals surface area contributed by atoms with E-state index >= 15 is 0 Å². The first-order valence-corrected chi connectivity index (χ1v) is 7.00. The molecule has 1 N–H and O–H groups in total. The molecule has 1 unspecified atom stereocenters. The molecule has 0 aromatic carbocycles. The molecule has 4 rings (SSSR count). The van der Waals surface area contributed by atoms with E-state index in [9.17, 15) is 0 Å². The second-order valence-electron chi connectivity index (χ2n) is 6.90. The van der Waals surface area contributed by atoms with Crippen molar-refractivity contribution in [1.29, 1.82) is 0 Å². The molecule has 4 aliphatic rings. The van der Waals surface area contributed by atoms with Gasteiger partial charge >= 0.3 is 0 Å². The van der Waals surface area contributed by atoms with E-state index < -0.39 is 0 Å². The maximum Gasteiger partial charge on any atom is 0.0826 e. The largest absolute Gasteiger partial charge is 0.337 e. The summed E-state index contributed by atoms with van der Waals surface area (Å²) in [6.45, 7) is 5.10. The second-order valence-corrected chi connectivity index (χ2v) is 6.90. The van der Waals surface area contributed by atoms with Crippen LogP contribution in [0.25, 0.3) is 0 Å². The van der Waals surface area contributed by atoms with Crippen LogP contribution in [0, 0.1) is 23.2 Å². The molecule has 0 aromatic rings. The van der Waals surface area contributed by atoms with Gasteiger partial charge in [0.15, 0.2) is 0 Å². The Morgan fingerprint density at radius 2 is 1.47 bits per heavy atom. The van der Waals surface area contributed by atoms with Gasteiger partial charge in [-0.1, -0.05) is 0 Å². The van der Waals surface area contributed by atoms with Gasteiger partial charge in [-0.2, -0.15) is 0 Å². The summed E-state index contributed by atoms with van der Waals surface area (Å²) in [7, 11) is 2.39. The zero-order chi connectivity index (χ0) is 10.5. The van der Waals surface area contributed by atoms with Gasteiger partial charge < -0.3 is 4.90 Å². The lowest BCUT2D eigenvalue weighted by Gasteiger charge is -2.56. The number of hydrogen-bond donors (Lipinski definition) is 1. The molecule has 0 aromatic heterocycles. The van der Waals surface area contributed by atoms with Crippen molar-refractivity contribution in [1.82, 2.24) is 0 Å². The fourth-order valence-corrected chi connectivity index (χ4v) is 5.27. The van der Waals surface area contributed by atoms with Gasteiger partial charge in [0, 0.05) is 5.41 Å². The smallest absolute Gasteiger partial charge is 0.0826 e. The molecule has 4 fully saturated rings. The highest BCUT2D eigenvalue weighted by Crippen LogP contribution is 2.59. The Morgan fingerprint density at radius 1 is 1.00 bits per heavy atom. The Hall–Kier alpha value is -0.0400. The molecule has 0 amide bonds. The monoisotopic (exact) mass is 208 g/mol. The first kappa shape index (κ1) is 10.1. The van der Waals surface area contributed by atoms with Gasteiger partial charge in [0.2, 0.25) is 0 Å². The number of quaternary nitrogens is 1. The summed E-state index contributed by atoms with van der Waals surface area (Å²) in [6.07, 6.45) is 9.50. The Labute approximate surface area is 94.2 Å². The second kappa shape index (κ2) is 3.48. The van der Waals surface area contributed by atoms with Crippen molar-refractivity contribution in [3.8, 4) is 0 Å². The standard InChI is InChI=1S/C14H25N/c1-3-15(2)10-14-7-11-4-12(8-14)6-13(5-11)9-14/h11-13H,3-10H2,1-2H3/p+1. The van der Waals surface area contributed by atoms with Crippen LogP contribution in [0.3, 0.4) is 0 Å². The molecule has 4 aliphatic carbocycles. The summed E-state index contributed by atoms with van der Waals surface area (Å²) >= 11 is 0. The molecule has 1 nitrogen and oxygen atoms in total. The summed E-state index contributed by atoms with van der Waals surface area (Å²) in [6, 6.07) is 0. The molecular formula is C14H26N+. The molecule has 0 saturated heterocycles. The zero-order valence-electron chi connectivity index (χ0n) is 10.4. The molecule has 4 saturated carbocycles. The van der Waals surface area contributed by atoms with Gasteiger partial charge in [-0.15, -0.1) is 0 Å². The molecule has 0 heterocycles.